The van der Waals surface area contributed by atoms with Crippen LogP contribution in [0.25, 0.3) is 0 Å². The fourth-order valence-corrected chi connectivity index (χ4v) is 3.45. The summed E-state index contributed by atoms with van der Waals surface area (Å²) < 4.78 is 25.8. The third kappa shape index (κ3) is 2.06. The van der Waals surface area contributed by atoms with E-state index in [-0.39, 0.29) is 0 Å². The molecule has 1 fully saturated rings. The van der Waals surface area contributed by atoms with E-state index in [0.717, 1.165) is 6.42 Å². The van der Waals surface area contributed by atoms with E-state index in [1.807, 2.05) is 6.07 Å². The molecule has 4 heteroatoms. The average molecular weight is 225 g/mol. The molecular formula is C11H15NO2S. The molecule has 0 radical (unpaired) electrons. The van der Waals surface area contributed by atoms with Crippen LogP contribution >= 0.6 is 0 Å². The van der Waals surface area contributed by atoms with Gasteiger partial charge in [0.25, 0.3) is 0 Å². The van der Waals surface area contributed by atoms with Crippen LogP contribution in [0.5, 0.6) is 0 Å². The predicted molar refractivity (Wildman–Crippen MR) is 59.0 cm³/mol. The normalized spacial score (nSPS) is 23.1. The van der Waals surface area contributed by atoms with E-state index >= 15 is 0 Å². The van der Waals surface area contributed by atoms with Gasteiger partial charge in [-0.3, -0.25) is 0 Å². The van der Waals surface area contributed by atoms with Gasteiger partial charge in [0, 0.05) is 13.1 Å². The number of sulfonamides is 1. The van der Waals surface area contributed by atoms with Crippen LogP contribution in [-0.2, 0) is 10.0 Å². The highest BCUT2D eigenvalue weighted by Crippen LogP contribution is 2.23. The lowest BCUT2D eigenvalue weighted by atomic mass is 10.2. The maximum atomic E-state index is 12.1. The van der Waals surface area contributed by atoms with Gasteiger partial charge in [-0.1, -0.05) is 25.1 Å². The SMILES string of the molecule is C[C@H]1CCN(S(=O)(=O)c2ccccc2)C1. The zero-order chi connectivity index (χ0) is 10.9. The van der Waals surface area contributed by atoms with Gasteiger partial charge in [0.15, 0.2) is 0 Å². The summed E-state index contributed by atoms with van der Waals surface area (Å²) >= 11 is 0. The molecule has 3 nitrogen and oxygen atoms in total. The zero-order valence-corrected chi connectivity index (χ0v) is 9.57. The molecule has 1 atom stereocenters. The molecule has 0 saturated carbocycles. The first-order valence-corrected chi connectivity index (χ1v) is 6.60. The number of hydrogen-bond donors (Lipinski definition) is 0. The number of nitrogens with zero attached hydrogens (tertiary/aromatic N) is 1. The molecule has 0 unspecified atom stereocenters. The first-order chi connectivity index (χ1) is 7.10. The lowest BCUT2D eigenvalue weighted by Gasteiger charge is -2.15. The van der Waals surface area contributed by atoms with Gasteiger partial charge in [-0.2, -0.15) is 4.31 Å². The van der Waals surface area contributed by atoms with Crippen LogP contribution in [0.15, 0.2) is 35.2 Å². The van der Waals surface area contributed by atoms with E-state index in [0.29, 0.717) is 23.9 Å². The summed E-state index contributed by atoms with van der Waals surface area (Å²) in [6.07, 6.45) is 0.964. The van der Waals surface area contributed by atoms with E-state index < -0.39 is 10.0 Å². The minimum atomic E-state index is -3.24. The lowest BCUT2D eigenvalue weighted by Crippen LogP contribution is -2.28. The lowest BCUT2D eigenvalue weighted by molar-refractivity contribution is 0.464. The fourth-order valence-electron chi connectivity index (χ4n) is 1.85. The van der Waals surface area contributed by atoms with Crippen molar-refractivity contribution >= 4 is 10.0 Å². The van der Waals surface area contributed by atoms with Crippen molar-refractivity contribution in [3.05, 3.63) is 30.3 Å². The topological polar surface area (TPSA) is 37.4 Å². The Kier molecular flexibility index (Phi) is 2.80. The summed E-state index contributed by atoms with van der Waals surface area (Å²) in [4.78, 5) is 0.402. The molecule has 1 aromatic rings. The van der Waals surface area contributed by atoms with Crippen LogP contribution in [0.3, 0.4) is 0 Å². The Morgan fingerprint density at radius 2 is 1.93 bits per heavy atom. The molecule has 15 heavy (non-hydrogen) atoms. The molecule has 2 rings (SSSR count). The van der Waals surface area contributed by atoms with Gasteiger partial charge in [-0.15, -0.1) is 0 Å². The molecule has 0 amide bonds. The van der Waals surface area contributed by atoms with Gasteiger partial charge in [-0.05, 0) is 24.5 Å². The van der Waals surface area contributed by atoms with Gasteiger partial charge in [-0.25, -0.2) is 8.42 Å². The smallest absolute Gasteiger partial charge is 0.207 e. The van der Waals surface area contributed by atoms with E-state index in [1.165, 1.54) is 0 Å². The monoisotopic (exact) mass is 225 g/mol. The molecule has 0 aromatic heterocycles. The minimum Gasteiger partial charge on any atom is -0.207 e. The average Bonchev–Trinajstić information content (AvgIpc) is 2.67. The van der Waals surface area contributed by atoms with E-state index in [9.17, 15) is 8.42 Å². The first kappa shape index (κ1) is 10.6. The molecule has 1 aliphatic rings. The van der Waals surface area contributed by atoms with Crippen molar-refractivity contribution in [2.45, 2.75) is 18.2 Å². The first-order valence-electron chi connectivity index (χ1n) is 5.16. The van der Waals surface area contributed by atoms with Gasteiger partial charge in [0.1, 0.15) is 0 Å². The van der Waals surface area contributed by atoms with E-state index in [2.05, 4.69) is 6.92 Å². The van der Waals surface area contributed by atoms with Gasteiger partial charge in [0.05, 0.1) is 4.90 Å². The standard InChI is InChI=1S/C11H15NO2S/c1-10-7-8-12(9-10)15(13,14)11-5-3-2-4-6-11/h2-6,10H,7-9H2,1H3/t10-/m0/s1. The Morgan fingerprint density at radius 3 is 2.47 bits per heavy atom. The molecule has 0 bridgehead atoms. The summed E-state index contributed by atoms with van der Waals surface area (Å²) in [5, 5.41) is 0. The van der Waals surface area contributed by atoms with Crippen LogP contribution in [-0.4, -0.2) is 25.8 Å². The number of benzene rings is 1. The second kappa shape index (κ2) is 3.94. The van der Waals surface area contributed by atoms with E-state index in [1.54, 1.807) is 28.6 Å². The molecule has 1 aromatic carbocycles. The van der Waals surface area contributed by atoms with Crippen molar-refractivity contribution in [1.82, 2.24) is 4.31 Å². The minimum absolute atomic E-state index is 0.402. The second-order valence-corrected chi connectivity index (χ2v) is 6.01. The van der Waals surface area contributed by atoms with Crippen molar-refractivity contribution < 1.29 is 8.42 Å². The quantitative estimate of drug-likeness (QED) is 0.768. The molecule has 82 valence electrons. The number of hydrogen-bond acceptors (Lipinski definition) is 2. The van der Waals surface area contributed by atoms with Crippen LogP contribution < -0.4 is 0 Å². The second-order valence-electron chi connectivity index (χ2n) is 4.07. The molecule has 0 N–H and O–H groups in total. The Hall–Kier alpha value is -0.870. The number of rotatable bonds is 2. The molecule has 1 aliphatic heterocycles. The van der Waals surface area contributed by atoms with Crippen molar-refractivity contribution in [1.29, 1.82) is 0 Å². The highest BCUT2D eigenvalue weighted by molar-refractivity contribution is 7.89. The maximum absolute atomic E-state index is 12.1. The highest BCUT2D eigenvalue weighted by atomic mass is 32.2. The van der Waals surface area contributed by atoms with Crippen molar-refractivity contribution in [2.24, 2.45) is 5.92 Å². The van der Waals surface area contributed by atoms with Gasteiger partial charge < -0.3 is 0 Å². The van der Waals surface area contributed by atoms with Crippen molar-refractivity contribution in [3.63, 3.8) is 0 Å². The van der Waals surface area contributed by atoms with Crippen LogP contribution in [0.4, 0.5) is 0 Å². The molecule has 0 spiro atoms. The molecule has 1 saturated heterocycles. The maximum Gasteiger partial charge on any atom is 0.243 e. The fraction of sp³-hybridized carbons (Fsp3) is 0.455. The molecule has 1 heterocycles. The van der Waals surface area contributed by atoms with Crippen LogP contribution in [0.1, 0.15) is 13.3 Å². The highest BCUT2D eigenvalue weighted by Gasteiger charge is 2.30. The molecule has 0 aliphatic carbocycles. The zero-order valence-electron chi connectivity index (χ0n) is 8.76. The summed E-state index contributed by atoms with van der Waals surface area (Å²) in [6, 6.07) is 8.64. The summed E-state index contributed by atoms with van der Waals surface area (Å²) in [7, 11) is -3.24. The summed E-state index contributed by atoms with van der Waals surface area (Å²) in [5.41, 5.74) is 0. The summed E-state index contributed by atoms with van der Waals surface area (Å²) in [5.74, 6) is 0.475. The molecular weight excluding hydrogens is 210 g/mol. The third-order valence-corrected chi connectivity index (χ3v) is 4.65. The van der Waals surface area contributed by atoms with E-state index in [4.69, 9.17) is 0 Å². The van der Waals surface area contributed by atoms with Crippen LogP contribution in [0, 0.1) is 5.92 Å². The largest absolute Gasteiger partial charge is 0.243 e. The summed E-state index contributed by atoms with van der Waals surface area (Å²) in [6.45, 7) is 3.39. The Balaban J connectivity index is 2.28. The third-order valence-electron chi connectivity index (χ3n) is 2.77. The Labute approximate surface area is 90.8 Å². The van der Waals surface area contributed by atoms with Crippen molar-refractivity contribution in [2.75, 3.05) is 13.1 Å². The predicted octanol–water partition coefficient (Wildman–Crippen LogP) is 1.72. The van der Waals surface area contributed by atoms with Crippen LogP contribution in [0.2, 0.25) is 0 Å². The Morgan fingerprint density at radius 1 is 1.27 bits per heavy atom. The van der Waals surface area contributed by atoms with Gasteiger partial charge in [0.2, 0.25) is 10.0 Å². The Bertz CT molecular complexity index is 427. The van der Waals surface area contributed by atoms with Crippen molar-refractivity contribution in [3.8, 4) is 0 Å². The van der Waals surface area contributed by atoms with Gasteiger partial charge >= 0.3 is 0 Å².